The lowest BCUT2D eigenvalue weighted by Crippen LogP contribution is -2.35. The van der Waals surface area contributed by atoms with Gasteiger partial charge in [0, 0.05) is 24.7 Å². The topological polar surface area (TPSA) is 66.8 Å². The summed E-state index contributed by atoms with van der Waals surface area (Å²) in [6.45, 7) is 0.482. The molecule has 1 N–H and O–H groups in total. The lowest BCUT2D eigenvalue weighted by Gasteiger charge is -2.21. The highest BCUT2D eigenvalue weighted by Gasteiger charge is 2.37. The normalized spacial score (nSPS) is 15.8. The lowest BCUT2D eigenvalue weighted by molar-refractivity contribution is 0.177. The summed E-state index contributed by atoms with van der Waals surface area (Å²) in [6, 6.07) is 4.47. The number of sulfonamides is 1. The van der Waals surface area contributed by atoms with Gasteiger partial charge < -0.3 is 9.84 Å². The quantitative estimate of drug-likeness (QED) is 0.829. The van der Waals surface area contributed by atoms with Gasteiger partial charge in [-0.25, -0.2) is 8.42 Å². The largest absolute Gasteiger partial charge is 0.392 e. The SMILES string of the molecule is COCCN(C1CC1)S(=O)(=O)c1ccc(CO)c(Cl)c1. The van der Waals surface area contributed by atoms with E-state index in [4.69, 9.17) is 21.4 Å². The highest BCUT2D eigenvalue weighted by atomic mass is 35.5. The molecular weight excluding hydrogens is 302 g/mol. The number of methoxy groups -OCH3 is 1. The molecule has 5 nitrogen and oxygen atoms in total. The third-order valence-electron chi connectivity index (χ3n) is 3.27. The first-order valence-corrected chi connectivity index (χ1v) is 8.22. The van der Waals surface area contributed by atoms with Gasteiger partial charge in [0.1, 0.15) is 0 Å². The molecule has 0 amide bonds. The lowest BCUT2D eigenvalue weighted by atomic mass is 10.2. The van der Waals surface area contributed by atoms with Crippen LogP contribution in [0.5, 0.6) is 0 Å². The summed E-state index contributed by atoms with van der Waals surface area (Å²) in [7, 11) is -2.02. The van der Waals surface area contributed by atoms with Crippen molar-refractivity contribution in [3.63, 3.8) is 0 Å². The van der Waals surface area contributed by atoms with Gasteiger partial charge in [-0.05, 0) is 30.5 Å². The van der Waals surface area contributed by atoms with Gasteiger partial charge in [0.15, 0.2) is 0 Å². The number of benzene rings is 1. The summed E-state index contributed by atoms with van der Waals surface area (Å²) in [5, 5.41) is 9.34. The molecule has 2 rings (SSSR count). The molecule has 0 saturated heterocycles. The minimum Gasteiger partial charge on any atom is -0.392 e. The zero-order chi connectivity index (χ0) is 14.8. The molecule has 0 atom stereocenters. The number of halogens is 1. The fourth-order valence-electron chi connectivity index (χ4n) is 1.99. The van der Waals surface area contributed by atoms with Gasteiger partial charge in [-0.3, -0.25) is 0 Å². The van der Waals surface area contributed by atoms with Crippen LogP contribution in [0.3, 0.4) is 0 Å². The predicted molar refractivity (Wildman–Crippen MR) is 76.2 cm³/mol. The van der Waals surface area contributed by atoms with E-state index < -0.39 is 10.0 Å². The van der Waals surface area contributed by atoms with Gasteiger partial charge in [0.05, 0.1) is 18.1 Å². The predicted octanol–water partition coefficient (Wildman–Crippen LogP) is 1.63. The van der Waals surface area contributed by atoms with Gasteiger partial charge in [0.25, 0.3) is 0 Å². The number of hydrogen-bond acceptors (Lipinski definition) is 4. The summed E-state index contributed by atoms with van der Waals surface area (Å²) < 4.78 is 31.7. The van der Waals surface area contributed by atoms with Crippen molar-refractivity contribution in [3.05, 3.63) is 28.8 Å². The van der Waals surface area contributed by atoms with E-state index in [0.717, 1.165) is 12.8 Å². The second kappa shape index (κ2) is 6.41. The van der Waals surface area contributed by atoms with E-state index in [0.29, 0.717) is 18.7 Å². The average molecular weight is 320 g/mol. The first-order chi connectivity index (χ1) is 9.50. The fraction of sp³-hybridized carbons (Fsp3) is 0.538. The molecule has 1 aliphatic rings. The molecule has 1 aromatic carbocycles. The van der Waals surface area contributed by atoms with Crippen LogP contribution in [0.1, 0.15) is 18.4 Å². The zero-order valence-electron chi connectivity index (χ0n) is 11.3. The summed E-state index contributed by atoms with van der Waals surface area (Å²) in [6.07, 6.45) is 1.76. The molecule has 0 aliphatic heterocycles. The van der Waals surface area contributed by atoms with Crippen LogP contribution < -0.4 is 0 Å². The van der Waals surface area contributed by atoms with E-state index in [2.05, 4.69) is 0 Å². The first-order valence-electron chi connectivity index (χ1n) is 6.40. The van der Waals surface area contributed by atoms with Crippen LogP contribution in [0, 0.1) is 0 Å². The molecule has 0 aromatic heterocycles. The van der Waals surface area contributed by atoms with Crippen molar-refractivity contribution in [1.29, 1.82) is 0 Å². The average Bonchev–Trinajstić information content (AvgIpc) is 3.23. The maximum Gasteiger partial charge on any atom is 0.243 e. The molecule has 0 heterocycles. The molecule has 1 aromatic rings. The summed E-state index contributed by atoms with van der Waals surface area (Å²) in [5.74, 6) is 0. The monoisotopic (exact) mass is 319 g/mol. The molecule has 0 radical (unpaired) electrons. The smallest absolute Gasteiger partial charge is 0.243 e. The van der Waals surface area contributed by atoms with Crippen LogP contribution in [0.25, 0.3) is 0 Å². The molecule has 0 spiro atoms. The Hall–Kier alpha value is -0.660. The van der Waals surface area contributed by atoms with Crippen LogP contribution in [0.2, 0.25) is 5.02 Å². The fourth-order valence-corrected chi connectivity index (χ4v) is 4.00. The maximum atomic E-state index is 12.6. The van der Waals surface area contributed by atoms with Gasteiger partial charge in [-0.2, -0.15) is 4.31 Å². The third-order valence-corrected chi connectivity index (χ3v) is 5.57. The number of ether oxygens (including phenoxy) is 1. The zero-order valence-corrected chi connectivity index (χ0v) is 12.8. The van der Waals surface area contributed by atoms with Crippen molar-refractivity contribution in [1.82, 2.24) is 4.31 Å². The van der Waals surface area contributed by atoms with Crippen molar-refractivity contribution in [3.8, 4) is 0 Å². The van der Waals surface area contributed by atoms with Crippen molar-refractivity contribution < 1.29 is 18.3 Å². The number of aliphatic hydroxyl groups is 1. The van der Waals surface area contributed by atoms with Crippen LogP contribution in [-0.2, 0) is 21.4 Å². The van der Waals surface area contributed by atoms with E-state index in [9.17, 15) is 8.42 Å². The van der Waals surface area contributed by atoms with Gasteiger partial charge in [-0.1, -0.05) is 17.7 Å². The summed E-state index contributed by atoms with van der Waals surface area (Å²) in [5.41, 5.74) is 0.514. The number of hydrogen-bond donors (Lipinski definition) is 1. The third kappa shape index (κ3) is 3.32. The molecule has 1 aliphatic carbocycles. The Morgan fingerprint density at radius 1 is 1.45 bits per heavy atom. The maximum absolute atomic E-state index is 12.6. The van der Waals surface area contributed by atoms with Crippen molar-refractivity contribution in [2.45, 2.75) is 30.4 Å². The van der Waals surface area contributed by atoms with Crippen LogP contribution in [-0.4, -0.2) is 44.1 Å². The summed E-state index contributed by atoms with van der Waals surface area (Å²) in [4.78, 5) is 0.155. The van der Waals surface area contributed by atoms with Crippen LogP contribution in [0.15, 0.2) is 23.1 Å². The first kappa shape index (κ1) is 15.7. The van der Waals surface area contributed by atoms with E-state index in [1.165, 1.54) is 22.5 Å². The Balaban J connectivity index is 2.29. The number of aliphatic hydroxyl groups excluding tert-OH is 1. The second-order valence-corrected chi connectivity index (χ2v) is 7.05. The summed E-state index contributed by atoms with van der Waals surface area (Å²) >= 11 is 5.97. The van der Waals surface area contributed by atoms with Gasteiger partial charge in [0.2, 0.25) is 10.0 Å². The molecule has 7 heteroatoms. The second-order valence-electron chi connectivity index (χ2n) is 4.75. The Labute approximate surface area is 124 Å². The molecule has 0 unspecified atom stereocenters. The van der Waals surface area contributed by atoms with E-state index >= 15 is 0 Å². The van der Waals surface area contributed by atoms with Crippen molar-refractivity contribution >= 4 is 21.6 Å². The standard InChI is InChI=1S/C13H18ClNO4S/c1-19-7-6-15(11-3-4-11)20(17,18)12-5-2-10(9-16)13(14)8-12/h2,5,8,11,16H,3-4,6-7,9H2,1H3. The van der Waals surface area contributed by atoms with Crippen molar-refractivity contribution in [2.24, 2.45) is 0 Å². The number of nitrogens with zero attached hydrogens (tertiary/aromatic N) is 1. The van der Waals surface area contributed by atoms with E-state index in [1.54, 1.807) is 7.11 Å². The van der Waals surface area contributed by atoms with Crippen molar-refractivity contribution in [2.75, 3.05) is 20.3 Å². The minimum atomic E-state index is -3.57. The Morgan fingerprint density at radius 3 is 2.65 bits per heavy atom. The molecular formula is C13H18ClNO4S. The highest BCUT2D eigenvalue weighted by Crippen LogP contribution is 2.32. The molecule has 1 fully saturated rings. The molecule has 1 saturated carbocycles. The number of rotatable bonds is 7. The van der Waals surface area contributed by atoms with E-state index in [1.807, 2.05) is 0 Å². The Bertz CT molecular complexity index is 572. The van der Waals surface area contributed by atoms with Crippen LogP contribution >= 0.6 is 11.6 Å². The van der Waals surface area contributed by atoms with Gasteiger partial charge >= 0.3 is 0 Å². The molecule has 0 bridgehead atoms. The van der Waals surface area contributed by atoms with Gasteiger partial charge in [-0.15, -0.1) is 0 Å². The minimum absolute atomic E-state index is 0.0615. The van der Waals surface area contributed by atoms with Crippen LogP contribution in [0.4, 0.5) is 0 Å². The Morgan fingerprint density at radius 2 is 2.15 bits per heavy atom. The van der Waals surface area contributed by atoms with E-state index in [-0.39, 0.29) is 22.6 Å². The highest BCUT2D eigenvalue weighted by molar-refractivity contribution is 7.89. The Kier molecular flexibility index (Phi) is 5.04. The molecule has 112 valence electrons. The molecule has 20 heavy (non-hydrogen) atoms.